The van der Waals surface area contributed by atoms with E-state index in [4.69, 9.17) is 0 Å². The van der Waals surface area contributed by atoms with Crippen molar-refractivity contribution in [2.75, 3.05) is 0 Å². The van der Waals surface area contributed by atoms with Crippen LogP contribution in [0.15, 0.2) is 72.8 Å². The Morgan fingerprint density at radius 3 is 1.48 bits per heavy atom. The van der Waals surface area contributed by atoms with Gasteiger partial charge in [-0.05, 0) is 40.6 Å². The van der Waals surface area contributed by atoms with Crippen LogP contribution in [-0.2, 0) is 5.16 Å². The maximum absolute atomic E-state index is 10.7. The third-order valence-corrected chi connectivity index (χ3v) is 5.43. The van der Waals surface area contributed by atoms with E-state index in [1.54, 1.807) is 12.1 Å². The van der Waals surface area contributed by atoms with Gasteiger partial charge >= 0.3 is 0 Å². The third-order valence-electron chi connectivity index (χ3n) is 4.85. The monoisotopic (exact) mass is 346 g/mol. The minimum Gasteiger partial charge on any atom is -0.508 e. The fourth-order valence-corrected chi connectivity index (χ4v) is 4.34. The van der Waals surface area contributed by atoms with E-state index in [0.717, 1.165) is 32.7 Å². The number of hydrogen-bond donors (Lipinski definition) is 2. The summed E-state index contributed by atoms with van der Waals surface area (Å²) in [7, 11) is 2.84. The molecule has 0 aromatic heterocycles. The zero-order chi connectivity index (χ0) is 17.6. The van der Waals surface area contributed by atoms with Gasteiger partial charge in [0.25, 0.3) is 0 Å². The Morgan fingerprint density at radius 1 is 0.640 bits per heavy atom. The Hall–Kier alpha value is -2.57. The van der Waals surface area contributed by atoms with Crippen LogP contribution >= 0.6 is 9.24 Å². The van der Waals surface area contributed by atoms with Gasteiger partial charge in [-0.25, -0.2) is 0 Å². The van der Waals surface area contributed by atoms with E-state index in [-0.39, 0.29) is 11.5 Å². The summed E-state index contributed by atoms with van der Waals surface area (Å²) in [5.74, 6) is 0.451. The molecule has 0 aliphatic carbocycles. The van der Waals surface area contributed by atoms with Crippen LogP contribution in [0.4, 0.5) is 0 Å². The van der Waals surface area contributed by atoms with Crippen LogP contribution in [0.2, 0.25) is 0 Å². The Balaban J connectivity index is 2.11. The van der Waals surface area contributed by atoms with Crippen molar-refractivity contribution in [3.05, 3.63) is 83.9 Å². The lowest BCUT2D eigenvalue weighted by molar-refractivity contribution is 0.455. The van der Waals surface area contributed by atoms with Crippen LogP contribution in [0.5, 0.6) is 11.5 Å². The van der Waals surface area contributed by atoms with Crippen molar-refractivity contribution >= 4 is 30.8 Å². The molecule has 2 nitrogen and oxygen atoms in total. The normalized spacial score (nSPS) is 11.9. The summed E-state index contributed by atoms with van der Waals surface area (Å²) in [6.07, 6.45) is 0. The van der Waals surface area contributed by atoms with Gasteiger partial charge in [0.1, 0.15) is 11.5 Å². The smallest absolute Gasteiger partial charge is 0.120 e. The molecule has 1 atom stereocenters. The van der Waals surface area contributed by atoms with Crippen LogP contribution in [0.3, 0.4) is 0 Å². The largest absolute Gasteiger partial charge is 0.508 e. The molecule has 4 rings (SSSR count). The molecule has 2 N–H and O–H groups in total. The molecule has 1 unspecified atom stereocenters. The number of hydrogen-bond acceptors (Lipinski definition) is 2. The standard InChI is InChI=1S/C22H19O2P/c1-22(25,20-16-8-4-2-6-14(16)10-12-18(20)23)21-17-9-5-3-7-15(17)11-13-19(21)24/h2-13,23-24H,25H2,1H3. The summed E-state index contributed by atoms with van der Waals surface area (Å²) < 4.78 is 0. The molecule has 0 aliphatic rings. The quantitative estimate of drug-likeness (QED) is 0.468. The Bertz CT molecular complexity index is 1010. The highest BCUT2D eigenvalue weighted by atomic mass is 31.0. The van der Waals surface area contributed by atoms with Gasteiger partial charge in [-0.3, -0.25) is 0 Å². The lowest BCUT2D eigenvalue weighted by atomic mass is 9.84. The van der Waals surface area contributed by atoms with Crippen molar-refractivity contribution in [3.63, 3.8) is 0 Å². The predicted octanol–water partition coefficient (Wildman–Crippen LogP) is 5.54. The summed E-state index contributed by atoms with van der Waals surface area (Å²) in [5, 5.41) is 24.8. The lowest BCUT2D eigenvalue weighted by Gasteiger charge is -2.30. The number of aromatic hydroxyl groups is 2. The van der Waals surface area contributed by atoms with Gasteiger partial charge < -0.3 is 10.2 Å². The molecule has 0 spiro atoms. The number of rotatable bonds is 2. The molecule has 124 valence electrons. The molecule has 3 heteroatoms. The molecule has 0 saturated carbocycles. The van der Waals surface area contributed by atoms with Crippen molar-refractivity contribution in [2.45, 2.75) is 12.1 Å². The Morgan fingerprint density at radius 2 is 1.04 bits per heavy atom. The van der Waals surface area contributed by atoms with E-state index < -0.39 is 5.16 Å². The molecule has 4 aromatic rings. The topological polar surface area (TPSA) is 40.5 Å². The molecular formula is C22H19O2P. The maximum atomic E-state index is 10.7. The summed E-state index contributed by atoms with van der Waals surface area (Å²) in [6.45, 7) is 2.01. The molecular weight excluding hydrogens is 327 g/mol. The molecule has 0 radical (unpaired) electrons. The number of benzene rings is 4. The highest BCUT2D eigenvalue weighted by Gasteiger charge is 2.32. The first-order valence-corrected chi connectivity index (χ1v) is 8.79. The highest BCUT2D eigenvalue weighted by Crippen LogP contribution is 2.50. The van der Waals surface area contributed by atoms with Gasteiger partial charge in [-0.15, -0.1) is 9.24 Å². The second-order valence-corrected chi connectivity index (χ2v) is 7.72. The fourth-order valence-electron chi connectivity index (χ4n) is 3.74. The van der Waals surface area contributed by atoms with Crippen molar-refractivity contribution in [3.8, 4) is 11.5 Å². The average molecular weight is 346 g/mol. The maximum Gasteiger partial charge on any atom is 0.120 e. The van der Waals surface area contributed by atoms with Crippen LogP contribution in [0.25, 0.3) is 21.5 Å². The van der Waals surface area contributed by atoms with E-state index in [1.165, 1.54) is 0 Å². The Kier molecular flexibility index (Phi) is 3.67. The van der Waals surface area contributed by atoms with E-state index in [0.29, 0.717) is 0 Å². The minimum absolute atomic E-state index is 0.225. The summed E-state index contributed by atoms with van der Waals surface area (Å²) in [6, 6.07) is 23.3. The summed E-state index contributed by atoms with van der Waals surface area (Å²) >= 11 is 0. The highest BCUT2D eigenvalue weighted by molar-refractivity contribution is 7.19. The van der Waals surface area contributed by atoms with Crippen molar-refractivity contribution < 1.29 is 10.2 Å². The van der Waals surface area contributed by atoms with Crippen molar-refractivity contribution in [2.24, 2.45) is 0 Å². The van der Waals surface area contributed by atoms with E-state index in [9.17, 15) is 10.2 Å². The van der Waals surface area contributed by atoms with Crippen LogP contribution < -0.4 is 0 Å². The molecule has 0 saturated heterocycles. The van der Waals surface area contributed by atoms with Gasteiger partial charge in [0, 0.05) is 16.3 Å². The Labute approximate surface area is 149 Å². The molecule has 0 aliphatic heterocycles. The molecule has 0 heterocycles. The molecule has 0 fully saturated rings. The van der Waals surface area contributed by atoms with Crippen LogP contribution in [-0.4, -0.2) is 10.2 Å². The zero-order valence-corrected chi connectivity index (χ0v) is 15.1. The first-order valence-electron chi connectivity index (χ1n) is 8.21. The van der Waals surface area contributed by atoms with Gasteiger partial charge in [-0.1, -0.05) is 60.7 Å². The van der Waals surface area contributed by atoms with E-state index >= 15 is 0 Å². The van der Waals surface area contributed by atoms with Crippen molar-refractivity contribution in [1.29, 1.82) is 0 Å². The molecule has 0 bridgehead atoms. The average Bonchev–Trinajstić information content (AvgIpc) is 2.61. The lowest BCUT2D eigenvalue weighted by Crippen LogP contribution is -2.16. The first-order chi connectivity index (χ1) is 12.0. The van der Waals surface area contributed by atoms with Gasteiger partial charge in [0.05, 0.1) is 0 Å². The van der Waals surface area contributed by atoms with Crippen LogP contribution in [0.1, 0.15) is 18.1 Å². The van der Waals surface area contributed by atoms with Crippen molar-refractivity contribution in [1.82, 2.24) is 0 Å². The fraction of sp³-hybridized carbons (Fsp3) is 0.0909. The molecule has 25 heavy (non-hydrogen) atoms. The summed E-state index contributed by atoms with van der Waals surface area (Å²) in [4.78, 5) is 0. The van der Waals surface area contributed by atoms with E-state index in [1.807, 2.05) is 67.6 Å². The SMILES string of the molecule is CC(P)(c1c(O)ccc2ccccc12)c1c(O)ccc2ccccc12. The van der Waals surface area contributed by atoms with Gasteiger partial charge in [-0.2, -0.15) is 0 Å². The minimum atomic E-state index is -0.657. The number of phenolic OH excluding ortho intramolecular Hbond substituents is 2. The second-order valence-electron chi connectivity index (χ2n) is 6.56. The van der Waals surface area contributed by atoms with E-state index in [2.05, 4.69) is 9.24 Å². The second kappa shape index (κ2) is 5.75. The predicted molar refractivity (Wildman–Crippen MR) is 107 cm³/mol. The van der Waals surface area contributed by atoms with Crippen LogP contribution in [0, 0.1) is 0 Å². The third kappa shape index (κ3) is 2.45. The zero-order valence-electron chi connectivity index (χ0n) is 13.9. The van der Waals surface area contributed by atoms with Gasteiger partial charge in [0.15, 0.2) is 0 Å². The van der Waals surface area contributed by atoms with Gasteiger partial charge in [0.2, 0.25) is 0 Å². The number of fused-ring (bicyclic) bond motifs is 2. The molecule has 0 amide bonds. The molecule has 4 aromatic carbocycles. The summed E-state index contributed by atoms with van der Waals surface area (Å²) in [5.41, 5.74) is 1.59. The number of phenols is 2. The first kappa shape index (κ1) is 15.9.